The highest BCUT2D eigenvalue weighted by Crippen LogP contribution is 2.07. The molecule has 20 heavy (non-hydrogen) atoms. The highest BCUT2D eigenvalue weighted by Gasteiger charge is 1.98. The lowest BCUT2D eigenvalue weighted by Gasteiger charge is -2.00. The van der Waals surface area contributed by atoms with Crippen molar-refractivity contribution in [3.63, 3.8) is 0 Å². The summed E-state index contributed by atoms with van der Waals surface area (Å²) in [6.07, 6.45) is 3.49. The number of hydrogen-bond donors (Lipinski definition) is 0. The molecule has 5 heteroatoms. The number of nitrogens with zero attached hydrogens (tertiary/aromatic N) is 4. The number of ether oxygens (including phenoxy) is 1. The lowest BCUT2D eigenvalue weighted by molar-refractivity contribution is 0.355. The van der Waals surface area contributed by atoms with Crippen LogP contribution in [0.15, 0.2) is 42.7 Å². The summed E-state index contributed by atoms with van der Waals surface area (Å²) < 4.78 is 7.16. The lowest BCUT2D eigenvalue weighted by Crippen LogP contribution is -1.98. The smallest absolute Gasteiger partial charge is 0.217 e. The average Bonchev–Trinajstić information content (AvgIpc) is 2.91. The second kappa shape index (κ2) is 5.41. The van der Waals surface area contributed by atoms with Gasteiger partial charge in [0, 0.05) is 24.0 Å². The van der Waals surface area contributed by atoms with Crippen molar-refractivity contribution < 1.29 is 4.74 Å². The molecule has 0 bridgehead atoms. The third-order valence-electron chi connectivity index (χ3n) is 2.63. The molecule has 0 spiro atoms. The molecule has 0 saturated carbocycles. The van der Waals surface area contributed by atoms with Gasteiger partial charge in [-0.3, -0.25) is 0 Å². The maximum atomic E-state index is 5.48. The van der Waals surface area contributed by atoms with Gasteiger partial charge < -0.3 is 4.74 Å². The Morgan fingerprint density at radius 1 is 1.20 bits per heavy atom. The van der Waals surface area contributed by atoms with Crippen molar-refractivity contribution in [2.75, 3.05) is 6.61 Å². The van der Waals surface area contributed by atoms with Crippen molar-refractivity contribution in [3.05, 3.63) is 54.1 Å². The van der Waals surface area contributed by atoms with Crippen LogP contribution >= 0.6 is 0 Å². The molecule has 0 N–H and O–H groups in total. The lowest BCUT2D eigenvalue weighted by atomic mass is 10.3. The fourth-order valence-corrected chi connectivity index (χ4v) is 1.72. The van der Waals surface area contributed by atoms with Crippen molar-refractivity contribution in [2.45, 2.75) is 6.92 Å². The topological polar surface area (TPSA) is 52.3 Å². The van der Waals surface area contributed by atoms with E-state index in [9.17, 15) is 0 Å². The monoisotopic (exact) mass is 264 g/mol. The molecule has 0 unspecified atom stereocenters. The van der Waals surface area contributed by atoms with Crippen molar-refractivity contribution >= 4 is 5.65 Å². The second-order valence-electron chi connectivity index (χ2n) is 4.15. The van der Waals surface area contributed by atoms with Gasteiger partial charge in [0.2, 0.25) is 5.88 Å². The summed E-state index contributed by atoms with van der Waals surface area (Å²) in [5, 5.41) is 4.07. The van der Waals surface area contributed by atoms with Gasteiger partial charge in [0.25, 0.3) is 0 Å². The standard InChI is InChI=1S/C15H12N4O/c1-12-4-2-5-13(17-12)6-3-11-20-15-8-10-19-14(18-15)7-9-16-19/h2,4-5,7-10H,11H2,1H3. The van der Waals surface area contributed by atoms with Gasteiger partial charge in [-0.15, -0.1) is 0 Å². The van der Waals surface area contributed by atoms with Gasteiger partial charge >= 0.3 is 0 Å². The van der Waals surface area contributed by atoms with E-state index in [1.165, 1.54) is 0 Å². The van der Waals surface area contributed by atoms with E-state index in [1.807, 2.05) is 31.2 Å². The molecule has 0 fully saturated rings. The zero-order valence-electron chi connectivity index (χ0n) is 10.9. The Balaban J connectivity index is 1.65. The summed E-state index contributed by atoms with van der Waals surface area (Å²) in [6.45, 7) is 2.21. The maximum absolute atomic E-state index is 5.48. The number of hydrogen-bond acceptors (Lipinski definition) is 4. The van der Waals surface area contributed by atoms with E-state index in [0.29, 0.717) is 5.88 Å². The Morgan fingerprint density at radius 2 is 2.15 bits per heavy atom. The van der Waals surface area contributed by atoms with Crippen molar-refractivity contribution in [3.8, 4) is 17.7 Å². The Bertz CT molecular complexity index is 798. The molecule has 3 heterocycles. The van der Waals surface area contributed by atoms with Crippen LogP contribution in [0, 0.1) is 18.8 Å². The third-order valence-corrected chi connectivity index (χ3v) is 2.63. The van der Waals surface area contributed by atoms with Crippen LogP contribution in [-0.4, -0.2) is 26.2 Å². The van der Waals surface area contributed by atoms with Crippen molar-refractivity contribution in [2.24, 2.45) is 0 Å². The first-order valence-corrected chi connectivity index (χ1v) is 6.17. The summed E-state index contributed by atoms with van der Waals surface area (Å²) in [7, 11) is 0. The molecule has 3 aromatic heterocycles. The molecule has 0 aliphatic carbocycles. The van der Waals surface area contributed by atoms with Crippen LogP contribution in [0.25, 0.3) is 5.65 Å². The Labute approximate surface area is 116 Å². The molecule has 5 nitrogen and oxygen atoms in total. The summed E-state index contributed by atoms with van der Waals surface area (Å²) in [6, 6.07) is 9.31. The SMILES string of the molecule is Cc1cccc(C#CCOc2ccn3nccc3n2)n1. The molecular formula is C15H12N4O. The fourth-order valence-electron chi connectivity index (χ4n) is 1.72. The van der Waals surface area contributed by atoms with Gasteiger partial charge in [0.1, 0.15) is 5.69 Å². The quantitative estimate of drug-likeness (QED) is 0.663. The van der Waals surface area contributed by atoms with E-state index in [-0.39, 0.29) is 6.61 Å². The number of rotatable bonds is 2. The van der Waals surface area contributed by atoms with E-state index in [4.69, 9.17) is 4.74 Å². The summed E-state index contributed by atoms with van der Waals surface area (Å²) in [5.41, 5.74) is 2.44. The van der Waals surface area contributed by atoms with Gasteiger partial charge in [0.15, 0.2) is 12.3 Å². The van der Waals surface area contributed by atoms with Gasteiger partial charge in [0.05, 0.1) is 6.20 Å². The van der Waals surface area contributed by atoms with Gasteiger partial charge in [-0.25, -0.2) is 9.50 Å². The summed E-state index contributed by atoms with van der Waals surface area (Å²) >= 11 is 0. The molecule has 0 saturated heterocycles. The fraction of sp³-hybridized carbons (Fsp3) is 0.133. The first-order chi connectivity index (χ1) is 9.81. The highest BCUT2D eigenvalue weighted by molar-refractivity contribution is 5.38. The van der Waals surface area contributed by atoms with Crippen molar-refractivity contribution in [1.82, 2.24) is 19.6 Å². The predicted octanol–water partition coefficient (Wildman–Crippen LogP) is 1.86. The minimum absolute atomic E-state index is 0.271. The van der Waals surface area contributed by atoms with Crippen LogP contribution in [0.4, 0.5) is 0 Å². The molecule has 0 amide bonds. The zero-order chi connectivity index (χ0) is 13.8. The molecular weight excluding hydrogens is 252 g/mol. The minimum atomic E-state index is 0.271. The first-order valence-electron chi connectivity index (χ1n) is 6.17. The van der Waals surface area contributed by atoms with Crippen molar-refractivity contribution in [1.29, 1.82) is 0 Å². The molecule has 3 rings (SSSR count). The zero-order valence-corrected chi connectivity index (χ0v) is 10.9. The molecule has 0 atom stereocenters. The summed E-state index contributed by atoms with van der Waals surface area (Å²) in [4.78, 5) is 8.58. The van der Waals surface area contributed by atoms with E-state index in [1.54, 1.807) is 23.0 Å². The van der Waals surface area contributed by atoms with E-state index in [0.717, 1.165) is 17.0 Å². The maximum Gasteiger partial charge on any atom is 0.217 e. The molecule has 98 valence electrons. The Kier molecular flexibility index (Phi) is 3.29. The largest absolute Gasteiger partial charge is 0.464 e. The summed E-state index contributed by atoms with van der Waals surface area (Å²) in [5.74, 6) is 6.41. The molecule has 0 aliphatic rings. The van der Waals surface area contributed by atoms with Crippen LogP contribution in [0.3, 0.4) is 0 Å². The number of aryl methyl sites for hydroxylation is 1. The van der Waals surface area contributed by atoms with Gasteiger partial charge in [-0.2, -0.15) is 10.1 Å². The highest BCUT2D eigenvalue weighted by atomic mass is 16.5. The van der Waals surface area contributed by atoms with E-state index < -0.39 is 0 Å². The van der Waals surface area contributed by atoms with Crippen LogP contribution in [0.5, 0.6) is 5.88 Å². The van der Waals surface area contributed by atoms with Crippen LogP contribution in [0.1, 0.15) is 11.4 Å². The van der Waals surface area contributed by atoms with Crippen LogP contribution < -0.4 is 4.74 Å². The molecule has 0 aliphatic heterocycles. The predicted molar refractivity (Wildman–Crippen MR) is 74.3 cm³/mol. The molecule has 3 aromatic rings. The number of pyridine rings is 1. The minimum Gasteiger partial charge on any atom is -0.464 e. The van der Waals surface area contributed by atoms with E-state index in [2.05, 4.69) is 26.9 Å². The van der Waals surface area contributed by atoms with Crippen LogP contribution in [0.2, 0.25) is 0 Å². The number of fused-ring (bicyclic) bond motifs is 1. The Hall–Kier alpha value is -2.87. The average molecular weight is 264 g/mol. The van der Waals surface area contributed by atoms with Gasteiger partial charge in [-0.1, -0.05) is 12.0 Å². The van der Waals surface area contributed by atoms with Gasteiger partial charge in [-0.05, 0) is 25.0 Å². The van der Waals surface area contributed by atoms with Crippen LogP contribution in [-0.2, 0) is 0 Å². The van der Waals surface area contributed by atoms with E-state index >= 15 is 0 Å². The first kappa shape index (κ1) is 12.2. The molecule has 0 aromatic carbocycles. The number of aromatic nitrogens is 4. The second-order valence-corrected chi connectivity index (χ2v) is 4.15. The molecule has 0 radical (unpaired) electrons. The third kappa shape index (κ3) is 2.75. The normalized spacial score (nSPS) is 10.1. The Morgan fingerprint density at radius 3 is 3.05 bits per heavy atom.